The van der Waals surface area contributed by atoms with E-state index in [1.54, 1.807) is 11.8 Å². The molecule has 1 aliphatic heterocycles. The fourth-order valence-corrected chi connectivity index (χ4v) is 5.88. The number of anilines is 1. The number of halogens is 3. The highest BCUT2D eigenvalue weighted by molar-refractivity contribution is 8.00. The van der Waals surface area contributed by atoms with Crippen molar-refractivity contribution in [1.29, 1.82) is 0 Å². The van der Waals surface area contributed by atoms with Crippen LogP contribution in [0.3, 0.4) is 0 Å². The fraction of sp³-hybridized carbons (Fsp3) is 0.227. The Labute approximate surface area is 194 Å². The third-order valence-electron chi connectivity index (χ3n) is 5.31. The topological polar surface area (TPSA) is 69.0 Å². The zero-order chi connectivity index (χ0) is 23.3. The molecule has 0 radical (unpaired) electrons. The van der Waals surface area contributed by atoms with Crippen molar-refractivity contribution < 1.29 is 22.7 Å². The number of benzene rings is 2. The first-order valence-electron chi connectivity index (χ1n) is 9.87. The first kappa shape index (κ1) is 21.8. The maximum absolute atomic E-state index is 13.0. The second-order valence-corrected chi connectivity index (χ2v) is 9.55. The van der Waals surface area contributed by atoms with E-state index in [0.29, 0.717) is 28.0 Å². The number of amides is 1. The van der Waals surface area contributed by atoms with Gasteiger partial charge in [-0.05, 0) is 42.8 Å². The molecule has 0 saturated heterocycles. The number of nitrogens with one attached hydrogen (secondary N) is 1. The van der Waals surface area contributed by atoms with Gasteiger partial charge < -0.3 is 10.1 Å². The van der Waals surface area contributed by atoms with Crippen LogP contribution in [-0.2, 0) is 11.0 Å². The summed E-state index contributed by atoms with van der Waals surface area (Å²) < 4.78 is 46.8. The molecule has 0 fully saturated rings. The molecule has 6 nitrogen and oxygen atoms in total. The van der Waals surface area contributed by atoms with Crippen molar-refractivity contribution in [2.45, 2.75) is 18.3 Å². The lowest BCUT2D eigenvalue weighted by Crippen LogP contribution is -2.15. The van der Waals surface area contributed by atoms with Crippen LogP contribution >= 0.6 is 23.1 Å². The summed E-state index contributed by atoms with van der Waals surface area (Å²) in [5.41, 5.74) is 2.15. The standard InChI is InChI=1S/C22H17F3N4O2S2/c1-11-18-19(12-3-5-13(6-4-12)22(23,24)25)32-10-17(30)27-20(18)29(28-11)21-26-15-8-7-14(31-2)9-16(15)33-21/h3-9,19H,10H2,1-2H3,(H,27,30). The van der Waals surface area contributed by atoms with Gasteiger partial charge in [-0.1, -0.05) is 23.5 Å². The van der Waals surface area contributed by atoms with Crippen molar-refractivity contribution in [2.75, 3.05) is 18.2 Å². The molecule has 0 bridgehead atoms. The maximum Gasteiger partial charge on any atom is 0.416 e. The van der Waals surface area contributed by atoms with Gasteiger partial charge in [0.2, 0.25) is 11.0 Å². The molecule has 4 aromatic rings. The summed E-state index contributed by atoms with van der Waals surface area (Å²) in [7, 11) is 1.59. The first-order valence-corrected chi connectivity index (χ1v) is 11.7. The quantitative estimate of drug-likeness (QED) is 0.405. The lowest BCUT2D eigenvalue weighted by molar-refractivity contribution is -0.137. The van der Waals surface area contributed by atoms with Gasteiger partial charge in [-0.2, -0.15) is 23.0 Å². The van der Waals surface area contributed by atoms with Crippen LogP contribution in [0.15, 0.2) is 42.5 Å². The van der Waals surface area contributed by atoms with Crippen molar-refractivity contribution in [3.63, 3.8) is 0 Å². The van der Waals surface area contributed by atoms with Crippen molar-refractivity contribution in [3.05, 3.63) is 64.8 Å². The van der Waals surface area contributed by atoms with E-state index in [1.165, 1.54) is 35.2 Å². The van der Waals surface area contributed by atoms with Gasteiger partial charge in [0.1, 0.15) is 11.6 Å². The largest absolute Gasteiger partial charge is 0.497 e. The second-order valence-electron chi connectivity index (χ2n) is 7.45. The number of alkyl halides is 3. The molecule has 1 amide bonds. The van der Waals surface area contributed by atoms with Crippen molar-refractivity contribution in [1.82, 2.24) is 14.8 Å². The van der Waals surface area contributed by atoms with Crippen LogP contribution in [0.5, 0.6) is 5.75 Å². The van der Waals surface area contributed by atoms with Gasteiger partial charge in [-0.25, -0.2) is 4.98 Å². The molecular weight excluding hydrogens is 473 g/mol. The van der Waals surface area contributed by atoms with E-state index in [2.05, 4.69) is 15.4 Å². The smallest absolute Gasteiger partial charge is 0.416 e. The Kier molecular flexibility index (Phi) is 5.32. The van der Waals surface area contributed by atoms with Gasteiger partial charge in [0.15, 0.2) is 0 Å². The Morgan fingerprint density at radius 3 is 2.64 bits per heavy atom. The van der Waals surface area contributed by atoms with Gasteiger partial charge >= 0.3 is 6.18 Å². The number of carbonyl (C=O) groups is 1. The van der Waals surface area contributed by atoms with Crippen molar-refractivity contribution in [3.8, 4) is 10.9 Å². The molecule has 170 valence electrons. The summed E-state index contributed by atoms with van der Waals surface area (Å²) in [6.45, 7) is 1.82. The van der Waals surface area contributed by atoms with Gasteiger partial charge in [0.05, 0.1) is 39.6 Å². The summed E-state index contributed by atoms with van der Waals surface area (Å²) in [5.74, 6) is 1.15. The Hall–Kier alpha value is -3.05. The fourth-order valence-electron chi connectivity index (χ4n) is 3.74. The number of thiazole rings is 1. The number of ether oxygens (including phenoxy) is 1. The van der Waals surface area contributed by atoms with Crippen molar-refractivity contribution in [2.24, 2.45) is 0 Å². The minimum absolute atomic E-state index is 0.164. The third-order valence-corrected chi connectivity index (χ3v) is 7.58. The number of thioether (sulfide) groups is 1. The van der Waals surface area contributed by atoms with Gasteiger partial charge in [0.25, 0.3) is 0 Å². The summed E-state index contributed by atoms with van der Waals surface area (Å²) in [6.07, 6.45) is -4.41. The predicted octanol–water partition coefficient (Wildman–Crippen LogP) is 5.59. The molecule has 1 aliphatic rings. The lowest BCUT2D eigenvalue weighted by atomic mass is 10.0. The third kappa shape index (κ3) is 3.95. The molecular formula is C22H17F3N4O2S2. The summed E-state index contributed by atoms with van der Waals surface area (Å²) >= 11 is 2.76. The molecule has 5 rings (SSSR count). The monoisotopic (exact) mass is 490 g/mol. The van der Waals surface area contributed by atoms with Crippen LogP contribution in [-0.4, -0.2) is 33.5 Å². The highest BCUT2D eigenvalue weighted by Crippen LogP contribution is 2.45. The van der Waals surface area contributed by atoms with Crippen LogP contribution < -0.4 is 10.1 Å². The van der Waals surface area contributed by atoms with Gasteiger partial charge in [-0.3, -0.25) is 4.79 Å². The van der Waals surface area contributed by atoms with Gasteiger partial charge in [-0.15, -0.1) is 11.8 Å². The van der Waals surface area contributed by atoms with Crippen LogP contribution in [0.2, 0.25) is 0 Å². The minimum atomic E-state index is -4.41. The zero-order valence-electron chi connectivity index (χ0n) is 17.4. The van der Waals surface area contributed by atoms with Gasteiger partial charge in [0, 0.05) is 5.56 Å². The molecule has 3 heterocycles. The molecule has 11 heteroatoms. The number of aryl methyl sites for hydroxylation is 1. The molecule has 1 N–H and O–H groups in total. The molecule has 0 saturated carbocycles. The summed E-state index contributed by atoms with van der Waals surface area (Å²) in [4.78, 5) is 17.2. The number of methoxy groups -OCH3 is 1. The molecule has 0 aliphatic carbocycles. The van der Waals surface area contributed by atoms with E-state index < -0.39 is 11.7 Å². The van der Waals surface area contributed by atoms with E-state index in [-0.39, 0.29) is 16.9 Å². The molecule has 0 spiro atoms. The normalized spacial score (nSPS) is 16.4. The van der Waals surface area contributed by atoms with Crippen LogP contribution in [0.1, 0.15) is 27.6 Å². The SMILES string of the molecule is COc1ccc2nc(-n3nc(C)c4c3NC(=O)CSC4c3ccc(C(F)(F)F)cc3)sc2c1. The number of nitrogens with zero attached hydrogens (tertiary/aromatic N) is 3. The molecule has 2 aromatic carbocycles. The number of carbonyl (C=O) groups excluding carboxylic acids is 1. The molecule has 1 atom stereocenters. The van der Waals surface area contributed by atoms with E-state index in [1.807, 2.05) is 25.1 Å². The average molecular weight is 491 g/mol. The Morgan fingerprint density at radius 2 is 1.94 bits per heavy atom. The summed E-state index contributed by atoms with van der Waals surface area (Å²) in [6, 6.07) is 10.6. The number of rotatable bonds is 3. The number of hydrogen-bond donors (Lipinski definition) is 1. The number of hydrogen-bond acceptors (Lipinski definition) is 6. The van der Waals surface area contributed by atoms with E-state index in [9.17, 15) is 18.0 Å². The highest BCUT2D eigenvalue weighted by atomic mass is 32.2. The lowest BCUT2D eigenvalue weighted by Gasteiger charge is -2.16. The van der Waals surface area contributed by atoms with E-state index in [4.69, 9.17) is 4.74 Å². The maximum atomic E-state index is 13.0. The van der Waals surface area contributed by atoms with E-state index >= 15 is 0 Å². The second kappa shape index (κ2) is 8.07. The number of fused-ring (bicyclic) bond motifs is 2. The Balaban J connectivity index is 1.61. The summed E-state index contributed by atoms with van der Waals surface area (Å²) in [5, 5.41) is 7.76. The first-order chi connectivity index (χ1) is 15.7. The molecule has 2 aromatic heterocycles. The molecule has 33 heavy (non-hydrogen) atoms. The predicted molar refractivity (Wildman–Crippen MR) is 122 cm³/mol. The van der Waals surface area contributed by atoms with Crippen LogP contribution in [0, 0.1) is 6.92 Å². The Morgan fingerprint density at radius 1 is 1.18 bits per heavy atom. The minimum Gasteiger partial charge on any atom is -0.497 e. The van der Waals surface area contributed by atoms with Crippen molar-refractivity contribution >= 4 is 45.0 Å². The zero-order valence-corrected chi connectivity index (χ0v) is 19.1. The Bertz CT molecular complexity index is 1360. The molecule has 1 unspecified atom stereocenters. The highest BCUT2D eigenvalue weighted by Gasteiger charge is 2.33. The van der Waals surface area contributed by atoms with E-state index in [0.717, 1.165) is 27.9 Å². The van der Waals surface area contributed by atoms with Crippen LogP contribution in [0.25, 0.3) is 15.3 Å². The average Bonchev–Trinajstić information content (AvgIpc) is 3.28. The van der Waals surface area contributed by atoms with Crippen LogP contribution in [0.4, 0.5) is 19.0 Å². The number of aromatic nitrogens is 3.